The normalized spacial score (nSPS) is 17.3. The third-order valence-corrected chi connectivity index (χ3v) is 7.23. The van der Waals surface area contributed by atoms with Crippen molar-refractivity contribution in [3.05, 3.63) is 82.0 Å². The summed E-state index contributed by atoms with van der Waals surface area (Å²) in [6.07, 6.45) is 4.17. The Morgan fingerprint density at radius 1 is 1.19 bits per heavy atom. The van der Waals surface area contributed by atoms with Crippen molar-refractivity contribution in [3.63, 3.8) is 0 Å². The van der Waals surface area contributed by atoms with Crippen LogP contribution in [0.2, 0.25) is 0 Å². The monoisotopic (exact) mass is 494 g/mol. The summed E-state index contributed by atoms with van der Waals surface area (Å²) in [6, 6.07) is 18.7. The van der Waals surface area contributed by atoms with Crippen LogP contribution in [0.5, 0.6) is 0 Å². The van der Waals surface area contributed by atoms with Crippen molar-refractivity contribution in [2.24, 2.45) is 0 Å². The Bertz CT molecular complexity index is 1100. The maximum Gasteiger partial charge on any atom is 0.257 e. The second-order valence-electron chi connectivity index (χ2n) is 9.20. The summed E-state index contributed by atoms with van der Waals surface area (Å²) in [7, 11) is 0. The number of nitrogens with one attached hydrogen (secondary N) is 2. The lowest BCUT2D eigenvalue weighted by Crippen LogP contribution is -2.45. The van der Waals surface area contributed by atoms with Gasteiger partial charge < -0.3 is 10.6 Å². The molecular formula is C26H31BrN4O. The molecule has 0 saturated heterocycles. The minimum Gasteiger partial charge on any atom is -0.363 e. The number of halogens is 1. The minimum absolute atomic E-state index is 0.105. The number of amides is 1. The van der Waals surface area contributed by atoms with Crippen molar-refractivity contribution >= 4 is 27.7 Å². The number of benzene rings is 2. The average Bonchev–Trinajstić information content (AvgIpc) is 3.23. The average molecular weight is 495 g/mol. The van der Waals surface area contributed by atoms with Crippen molar-refractivity contribution in [2.45, 2.75) is 64.1 Å². The molecule has 32 heavy (non-hydrogen) atoms. The van der Waals surface area contributed by atoms with Gasteiger partial charge in [-0.25, -0.2) is 4.68 Å². The number of hydrogen-bond acceptors (Lipinski definition) is 3. The molecule has 1 aliphatic rings. The molecule has 1 aromatic heterocycles. The third-order valence-electron chi connectivity index (χ3n) is 6.74. The zero-order valence-corrected chi connectivity index (χ0v) is 20.7. The van der Waals surface area contributed by atoms with Crippen LogP contribution in [0.1, 0.15) is 74.5 Å². The largest absolute Gasteiger partial charge is 0.363 e. The number of fused-ring (bicyclic) bond motifs is 1. The highest BCUT2D eigenvalue weighted by Gasteiger charge is 2.38. The van der Waals surface area contributed by atoms with Gasteiger partial charge in [-0.15, -0.1) is 0 Å². The van der Waals surface area contributed by atoms with E-state index in [9.17, 15) is 4.79 Å². The maximum absolute atomic E-state index is 13.6. The predicted octanol–water partition coefficient (Wildman–Crippen LogP) is 6.38. The summed E-state index contributed by atoms with van der Waals surface area (Å²) >= 11 is 3.57. The molecule has 5 nitrogen and oxygen atoms in total. The fraction of sp³-hybridized carbons (Fsp3) is 0.385. The Kier molecular flexibility index (Phi) is 6.17. The van der Waals surface area contributed by atoms with E-state index in [0.29, 0.717) is 5.56 Å². The molecule has 0 aliphatic carbocycles. The summed E-state index contributed by atoms with van der Waals surface area (Å²) in [6.45, 7) is 8.58. The van der Waals surface area contributed by atoms with Crippen LogP contribution in [0.15, 0.2) is 65.3 Å². The molecule has 2 heterocycles. The Labute approximate surface area is 198 Å². The summed E-state index contributed by atoms with van der Waals surface area (Å²) in [4.78, 5) is 13.6. The van der Waals surface area contributed by atoms with Gasteiger partial charge in [-0.1, -0.05) is 72.2 Å². The molecule has 1 atom stereocenters. The standard InChI is InChI=1S/C26H31BrN4O/c1-5-26(6-2,19-13-10-14-20(27)15-19)30-24(32)21-17-28-31-23(21)29-22(16-25(31,3)4)18-11-8-7-9-12-18/h7-15,17,22,29H,5-6,16H2,1-4H3,(H,30,32). The van der Waals surface area contributed by atoms with Gasteiger partial charge >= 0.3 is 0 Å². The first-order valence-electron chi connectivity index (χ1n) is 11.3. The van der Waals surface area contributed by atoms with Gasteiger partial charge in [-0.3, -0.25) is 4.79 Å². The van der Waals surface area contributed by atoms with Gasteiger partial charge in [0.25, 0.3) is 5.91 Å². The van der Waals surface area contributed by atoms with Crippen LogP contribution in [0.4, 0.5) is 5.82 Å². The molecule has 0 saturated carbocycles. The first-order valence-corrected chi connectivity index (χ1v) is 12.1. The topological polar surface area (TPSA) is 59.0 Å². The van der Waals surface area contributed by atoms with E-state index in [1.54, 1.807) is 6.20 Å². The number of rotatable bonds is 6. The molecule has 3 aromatic rings. The lowest BCUT2D eigenvalue weighted by Gasteiger charge is -2.38. The lowest BCUT2D eigenvalue weighted by molar-refractivity contribution is 0.0890. The SMILES string of the molecule is CCC(CC)(NC(=O)c1cnn2c1NC(c1ccccc1)CC2(C)C)c1cccc(Br)c1. The fourth-order valence-electron chi connectivity index (χ4n) is 4.78. The van der Waals surface area contributed by atoms with Crippen LogP contribution in [0.25, 0.3) is 0 Å². The van der Waals surface area contributed by atoms with Crippen molar-refractivity contribution in [3.8, 4) is 0 Å². The molecule has 2 aromatic carbocycles. The number of anilines is 1. The first kappa shape index (κ1) is 22.6. The van der Waals surface area contributed by atoms with E-state index >= 15 is 0 Å². The predicted molar refractivity (Wildman–Crippen MR) is 133 cm³/mol. The second-order valence-corrected chi connectivity index (χ2v) is 10.1. The smallest absolute Gasteiger partial charge is 0.257 e. The van der Waals surface area contributed by atoms with Crippen LogP contribution >= 0.6 is 15.9 Å². The van der Waals surface area contributed by atoms with Crippen LogP contribution in [0, 0.1) is 0 Å². The molecule has 1 unspecified atom stereocenters. The van der Waals surface area contributed by atoms with E-state index in [0.717, 1.165) is 35.1 Å². The molecule has 1 amide bonds. The summed E-state index contributed by atoms with van der Waals surface area (Å²) < 4.78 is 2.97. The summed E-state index contributed by atoms with van der Waals surface area (Å²) in [5, 5.41) is 11.6. The number of hydrogen-bond donors (Lipinski definition) is 2. The van der Waals surface area contributed by atoms with Crippen molar-refractivity contribution in [2.75, 3.05) is 5.32 Å². The highest BCUT2D eigenvalue weighted by atomic mass is 79.9. The van der Waals surface area contributed by atoms with Gasteiger partial charge in [0.1, 0.15) is 11.4 Å². The molecule has 0 spiro atoms. The van der Waals surface area contributed by atoms with E-state index in [2.05, 4.69) is 95.8 Å². The van der Waals surface area contributed by atoms with E-state index in [1.807, 2.05) is 22.9 Å². The number of carbonyl (C=O) groups is 1. The molecule has 4 rings (SSSR count). The van der Waals surface area contributed by atoms with Crippen LogP contribution < -0.4 is 10.6 Å². The van der Waals surface area contributed by atoms with E-state index in [1.165, 1.54) is 5.56 Å². The van der Waals surface area contributed by atoms with Gasteiger partial charge in [0.05, 0.1) is 23.3 Å². The molecule has 0 fully saturated rings. The maximum atomic E-state index is 13.6. The highest BCUT2D eigenvalue weighted by Crippen LogP contribution is 2.40. The lowest BCUT2D eigenvalue weighted by atomic mass is 9.84. The van der Waals surface area contributed by atoms with Crippen molar-refractivity contribution < 1.29 is 4.79 Å². The van der Waals surface area contributed by atoms with Crippen LogP contribution in [0.3, 0.4) is 0 Å². The number of aromatic nitrogens is 2. The Balaban J connectivity index is 1.68. The zero-order chi connectivity index (χ0) is 22.9. The summed E-state index contributed by atoms with van der Waals surface area (Å²) in [5.41, 5.74) is 2.24. The molecule has 2 N–H and O–H groups in total. The van der Waals surface area contributed by atoms with Crippen LogP contribution in [-0.4, -0.2) is 15.7 Å². The van der Waals surface area contributed by atoms with Crippen molar-refractivity contribution in [1.29, 1.82) is 0 Å². The molecule has 168 valence electrons. The molecular weight excluding hydrogens is 464 g/mol. The van der Waals surface area contributed by atoms with Gasteiger partial charge in [-0.2, -0.15) is 5.10 Å². The Morgan fingerprint density at radius 3 is 2.56 bits per heavy atom. The molecule has 6 heteroatoms. The summed E-state index contributed by atoms with van der Waals surface area (Å²) in [5.74, 6) is 0.676. The van der Waals surface area contributed by atoms with Gasteiger partial charge in [0.15, 0.2) is 0 Å². The highest BCUT2D eigenvalue weighted by molar-refractivity contribution is 9.10. The Hall–Kier alpha value is -2.60. The quantitative estimate of drug-likeness (QED) is 0.417. The van der Waals surface area contributed by atoms with Gasteiger partial charge in [-0.05, 0) is 56.4 Å². The minimum atomic E-state index is -0.446. The molecule has 0 radical (unpaired) electrons. The van der Waals surface area contributed by atoms with Crippen LogP contribution in [-0.2, 0) is 11.1 Å². The van der Waals surface area contributed by atoms with E-state index < -0.39 is 5.54 Å². The van der Waals surface area contributed by atoms with Gasteiger partial charge in [0, 0.05) is 4.47 Å². The molecule has 1 aliphatic heterocycles. The van der Waals surface area contributed by atoms with Gasteiger partial charge in [0.2, 0.25) is 0 Å². The first-order chi connectivity index (χ1) is 15.3. The second kappa shape index (κ2) is 8.74. The third kappa shape index (κ3) is 4.08. The van der Waals surface area contributed by atoms with E-state index in [-0.39, 0.29) is 17.5 Å². The molecule has 0 bridgehead atoms. The van der Waals surface area contributed by atoms with Crippen molar-refractivity contribution in [1.82, 2.24) is 15.1 Å². The fourth-order valence-corrected chi connectivity index (χ4v) is 5.18. The number of carbonyl (C=O) groups excluding carboxylic acids is 1. The zero-order valence-electron chi connectivity index (χ0n) is 19.2. The Morgan fingerprint density at radius 2 is 1.91 bits per heavy atom. The van der Waals surface area contributed by atoms with E-state index in [4.69, 9.17) is 0 Å². The number of nitrogens with zero attached hydrogens (tertiary/aromatic N) is 2.